The Labute approximate surface area is 92.9 Å². The number of nitrogens with zero attached hydrogens (tertiary/aromatic N) is 4. The Morgan fingerprint density at radius 3 is 2.88 bits per heavy atom. The van der Waals surface area contributed by atoms with Gasteiger partial charge in [-0.25, -0.2) is 4.98 Å². The first-order valence-electron chi connectivity index (χ1n) is 4.90. The normalized spacial score (nSPS) is 10.4. The summed E-state index contributed by atoms with van der Waals surface area (Å²) in [6, 6.07) is 1.68. The first-order valence-corrected chi connectivity index (χ1v) is 4.90. The molecule has 0 atom stereocenters. The molecule has 0 saturated carbocycles. The van der Waals surface area contributed by atoms with Gasteiger partial charge < -0.3 is 9.88 Å². The Kier molecular flexibility index (Phi) is 2.72. The third-order valence-electron chi connectivity index (χ3n) is 2.40. The van der Waals surface area contributed by atoms with Crippen LogP contribution in [-0.2, 0) is 20.6 Å². The van der Waals surface area contributed by atoms with Crippen molar-refractivity contribution in [1.82, 2.24) is 24.6 Å². The summed E-state index contributed by atoms with van der Waals surface area (Å²) in [7, 11) is 3.62. The van der Waals surface area contributed by atoms with Crippen LogP contribution in [0.2, 0.25) is 0 Å². The lowest BCUT2D eigenvalue weighted by Gasteiger charge is -2.05. The Hall–Kier alpha value is -2.11. The molecular weight excluding hydrogens is 206 g/mol. The van der Waals surface area contributed by atoms with E-state index in [4.69, 9.17) is 0 Å². The van der Waals surface area contributed by atoms with E-state index in [-0.39, 0.29) is 5.91 Å². The first-order chi connectivity index (χ1) is 7.68. The van der Waals surface area contributed by atoms with Crippen molar-refractivity contribution >= 4 is 5.91 Å². The van der Waals surface area contributed by atoms with E-state index >= 15 is 0 Å². The third kappa shape index (κ3) is 1.95. The summed E-state index contributed by atoms with van der Waals surface area (Å²) < 4.78 is 3.40. The van der Waals surface area contributed by atoms with E-state index in [1.54, 1.807) is 36.5 Å². The van der Waals surface area contributed by atoms with Gasteiger partial charge in [-0.3, -0.25) is 9.48 Å². The molecule has 0 fully saturated rings. The van der Waals surface area contributed by atoms with E-state index in [9.17, 15) is 4.79 Å². The van der Waals surface area contributed by atoms with Crippen LogP contribution in [-0.4, -0.2) is 25.2 Å². The average molecular weight is 219 g/mol. The zero-order chi connectivity index (χ0) is 11.5. The molecule has 0 bridgehead atoms. The van der Waals surface area contributed by atoms with Gasteiger partial charge in [0.15, 0.2) is 0 Å². The molecule has 0 aliphatic carbocycles. The predicted molar refractivity (Wildman–Crippen MR) is 57.6 cm³/mol. The van der Waals surface area contributed by atoms with Crippen LogP contribution in [0.5, 0.6) is 0 Å². The zero-order valence-corrected chi connectivity index (χ0v) is 9.21. The largest absolute Gasteiger partial charge is 0.345 e. The number of nitrogens with one attached hydrogen (secondary N) is 1. The van der Waals surface area contributed by atoms with Crippen LogP contribution in [0.1, 0.15) is 16.2 Å². The fourth-order valence-electron chi connectivity index (χ4n) is 1.41. The highest BCUT2D eigenvalue weighted by atomic mass is 16.2. The van der Waals surface area contributed by atoms with Gasteiger partial charge in [-0.1, -0.05) is 0 Å². The second kappa shape index (κ2) is 4.18. The first kappa shape index (κ1) is 10.4. The topological polar surface area (TPSA) is 64.7 Å². The van der Waals surface area contributed by atoms with Crippen molar-refractivity contribution in [1.29, 1.82) is 0 Å². The van der Waals surface area contributed by atoms with Crippen LogP contribution in [0.15, 0.2) is 24.8 Å². The van der Waals surface area contributed by atoms with Crippen molar-refractivity contribution in [2.45, 2.75) is 6.54 Å². The van der Waals surface area contributed by atoms with Crippen LogP contribution in [0.3, 0.4) is 0 Å². The van der Waals surface area contributed by atoms with Crippen LogP contribution >= 0.6 is 0 Å². The van der Waals surface area contributed by atoms with Gasteiger partial charge in [0, 0.05) is 26.5 Å². The van der Waals surface area contributed by atoms with E-state index in [0.29, 0.717) is 12.2 Å². The molecule has 16 heavy (non-hydrogen) atoms. The number of carbonyl (C=O) groups excluding carboxylic acids is 1. The third-order valence-corrected chi connectivity index (χ3v) is 2.40. The minimum absolute atomic E-state index is 0.138. The number of imidazole rings is 1. The zero-order valence-electron chi connectivity index (χ0n) is 9.21. The van der Waals surface area contributed by atoms with Crippen molar-refractivity contribution in [2.24, 2.45) is 14.1 Å². The molecule has 0 spiro atoms. The summed E-state index contributed by atoms with van der Waals surface area (Å²) in [6.45, 7) is 0.459. The highest BCUT2D eigenvalue weighted by Gasteiger charge is 2.09. The minimum Gasteiger partial charge on any atom is -0.345 e. The van der Waals surface area contributed by atoms with Crippen molar-refractivity contribution in [3.05, 3.63) is 36.2 Å². The molecule has 1 N–H and O–H groups in total. The molecule has 6 heteroatoms. The minimum atomic E-state index is -0.138. The predicted octanol–water partition coefficient (Wildman–Crippen LogP) is 0.0836. The van der Waals surface area contributed by atoms with Gasteiger partial charge in [0.25, 0.3) is 5.91 Å². The average Bonchev–Trinajstić information content (AvgIpc) is 2.84. The Morgan fingerprint density at radius 1 is 1.50 bits per heavy atom. The quantitative estimate of drug-likeness (QED) is 0.795. The van der Waals surface area contributed by atoms with Crippen molar-refractivity contribution in [3.63, 3.8) is 0 Å². The summed E-state index contributed by atoms with van der Waals surface area (Å²) >= 11 is 0. The lowest BCUT2D eigenvalue weighted by Crippen LogP contribution is -2.25. The highest BCUT2D eigenvalue weighted by molar-refractivity contribution is 5.92. The van der Waals surface area contributed by atoms with Crippen LogP contribution in [0.25, 0.3) is 0 Å². The molecule has 0 aliphatic rings. The Morgan fingerprint density at radius 2 is 2.31 bits per heavy atom. The van der Waals surface area contributed by atoms with Gasteiger partial charge in [-0.2, -0.15) is 5.10 Å². The number of aryl methyl sites for hydroxylation is 2. The van der Waals surface area contributed by atoms with Crippen molar-refractivity contribution < 1.29 is 4.79 Å². The maximum absolute atomic E-state index is 11.7. The fraction of sp³-hybridized carbons (Fsp3) is 0.300. The molecule has 0 aliphatic heterocycles. The van der Waals surface area contributed by atoms with Crippen LogP contribution < -0.4 is 5.32 Å². The molecule has 2 rings (SSSR count). The van der Waals surface area contributed by atoms with Gasteiger partial charge in [0.2, 0.25) is 0 Å². The molecule has 0 radical (unpaired) electrons. The summed E-state index contributed by atoms with van der Waals surface area (Å²) in [5.74, 6) is -0.138. The summed E-state index contributed by atoms with van der Waals surface area (Å²) in [4.78, 5) is 15.7. The number of amides is 1. The van der Waals surface area contributed by atoms with Crippen LogP contribution in [0.4, 0.5) is 0 Å². The Balaban J connectivity index is 1.99. The van der Waals surface area contributed by atoms with Gasteiger partial charge in [0.05, 0.1) is 18.6 Å². The van der Waals surface area contributed by atoms with E-state index in [2.05, 4.69) is 15.4 Å². The molecule has 6 nitrogen and oxygen atoms in total. The van der Waals surface area contributed by atoms with Gasteiger partial charge in [0.1, 0.15) is 5.69 Å². The Bertz CT molecular complexity index is 499. The fourth-order valence-corrected chi connectivity index (χ4v) is 1.41. The second-order valence-electron chi connectivity index (χ2n) is 3.52. The maximum atomic E-state index is 11.7. The summed E-state index contributed by atoms with van der Waals surface area (Å²) in [6.07, 6.45) is 5.02. The van der Waals surface area contributed by atoms with E-state index in [1.807, 2.05) is 11.6 Å². The molecule has 1 amide bonds. The van der Waals surface area contributed by atoms with E-state index in [1.165, 1.54) is 0 Å². The van der Waals surface area contributed by atoms with Gasteiger partial charge >= 0.3 is 0 Å². The second-order valence-corrected chi connectivity index (χ2v) is 3.52. The van der Waals surface area contributed by atoms with Crippen LogP contribution in [0, 0.1) is 0 Å². The number of hydrogen-bond acceptors (Lipinski definition) is 3. The van der Waals surface area contributed by atoms with E-state index < -0.39 is 0 Å². The highest BCUT2D eigenvalue weighted by Crippen LogP contribution is 1.99. The summed E-state index contributed by atoms with van der Waals surface area (Å²) in [5.41, 5.74) is 1.50. The molecule has 84 valence electrons. The molecule has 0 unspecified atom stereocenters. The standard InChI is InChI=1S/C10H13N5O/c1-14-7-11-5-8(14)6-12-10(16)9-3-4-13-15(9)2/h3-5,7H,6H2,1-2H3,(H,12,16). The summed E-state index contributed by atoms with van der Waals surface area (Å²) in [5, 5.41) is 6.75. The molecule has 2 heterocycles. The molecule has 2 aromatic heterocycles. The van der Waals surface area contributed by atoms with E-state index in [0.717, 1.165) is 5.69 Å². The number of hydrogen-bond donors (Lipinski definition) is 1. The van der Waals surface area contributed by atoms with Gasteiger partial charge in [-0.05, 0) is 6.07 Å². The smallest absolute Gasteiger partial charge is 0.269 e. The SMILES string of the molecule is Cn1cncc1CNC(=O)c1ccnn1C. The monoisotopic (exact) mass is 219 g/mol. The van der Waals surface area contributed by atoms with Crippen molar-refractivity contribution in [3.8, 4) is 0 Å². The lowest BCUT2D eigenvalue weighted by atomic mass is 10.4. The molecular formula is C10H13N5O. The molecule has 0 aromatic carbocycles. The maximum Gasteiger partial charge on any atom is 0.269 e. The number of aromatic nitrogens is 4. The van der Waals surface area contributed by atoms with Gasteiger partial charge in [-0.15, -0.1) is 0 Å². The molecule has 0 saturated heterocycles. The lowest BCUT2D eigenvalue weighted by molar-refractivity contribution is 0.0940. The number of carbonyl (C=O) groups is 1. The molecule has 2 aromatic rings. The van der Waals surface area contributed by atoms with Crippen molar-refractivity contribution in [2.75, 3.05) is 0 Å². The number of rotatable bonds is 3.